The van der Waals surface area contributed by atoms with Crippen molar-refractivity contribution in [1.29, 1.82) is 0 Å². The maximum absolute atomic E-state index is 12.3. The molecule has 0 saturated carbocycles. The fraction of sp³-hybridized carbons (Fsp3) is 0.848. The zero-order valence-electron chi connectivity index (χ0n) is 41.1. The number of ketones is 1. The number of aliphatic hydroxyl groups is 1. The molecule has 4 amide bonds. The van der Waals surface area contributed by atoms with Crippen molar-refractivity contribution in [2.75, 3.05) is 132 Å². The van der Waals surface area contributed by atoms with Gasteiger partial charge in [0.15, 0.2) is 5.78 Å². The van der Waals surface area contributed by atoms with E-state index in [0.29, 0.717) is 39.3 Å². The van der Waals surface area contributed by atoms with E-state index in [1.165, 1.54) is 26.2 Å². The molecule has 2 unspecified atom stereocenters. The number of hydrogen-bond donors (Lipinski definition) is 8. The molecule has 0 aromatic carbocycles. The van der Waals surface area contributed by atoms with E-state index in [9.17, 15) is 43.8 Å². The minimum atomic E-state index is -1.16. The molecular formula is C46H85N5O18. The quantitative estimate of drug-likeness (QED) is 0.0310. The van der Waals surface area contributed by atoms with Gasteiger partial charge in [0.05, 0.1) is 79.3 Å². The Bertz CT molecular complexity index is 1330. The van der Waals surface area contributed by atoms with Crippen LogP contribution in [0.2, 0.25) is 0 Å². The normalized spacial score (nSPS) is 12.0. The zero-order valence-corrected chi connectivity index (χ0v) is 41.1. The molecule has 8 N–H and O–H groups in total. The molecule has 0 aliphatic rings. The predicted octanol–water partition coefficient (Wildman–Crippen LogP) is 0.860. The Morgan fingerprint density at radius 3 is 1.13 bits per heavy atom. The average Bonchev–Trinajstić information content (AvgIpc) is 3.30. The lowest BCUT2D eigenvalue weighted by atomic mass is 10.0. The van der Waals surface area contributed by atoms with Gasteiger partial charge in [0.2, 0.25) is 23.6 Å². The lowest BCUT2D eigenvalue weighted by Gasteiger charge is -2.18. The smallest absolute Gasteiger partial charge is 0.326 e. The van der Waals surface area contributed by atoms with E-state index >= 15 is 0 Å². The molecule has 0 fully saturated rings. The van der Waals surface area contributed by atoms with Crippen LogP contribution in [0.1, 0.15) is 110 Å². The Hall–Kier alpha value is -3.91. The molecule has 23 nitrogen and oxygen atoms in total. The summed E-state index contributed by atoms with van der Waals surface area (Å²) >= 11 is 0. The summed E-state index contributed by atoms with van der Waals surface area (Å²) in [5, 5.41) is 41.8. The summed E-state index contributed by atoms with van der Waals surface area (Å²) in [5.41, 5.74) is 0. The van der Waals surface area contributed by atoms with Crippen molar-refractivity contribution in [3.63, 3.8) is 0 Å². The van der Waals surface area contributed by atoms with Crippen LogP contribution >= 0.6 is 0 Å². The second-order valence-electron chi connectivity index (χ2n) is 16.1. The summed E-state index contributed by atoms with van der Waals surface area (Å²) in [6, 6.07) is -1.09. The number of carboxylic acid groups (broad SMARTS) is 2. The minimum absolute atomic E-state index is 0.0543. The maximum atomic E-state index is 12.3. The van der Waals surface area contributed by atoms with E-state index in [2.05, 4.69) is 26.6 Å². The minimum Gasteiger partial charge on any atom is -0.481 e. The molecule has 0 radical (unpaired) electrons. The number of carbonyl (C=O) groups excluding carboxylic acids is 5. The van der Waals surface area contributed by atoms with Gasteiger partial charge in [-0.2, -0.15) is 0 Å². The molecule has 0 saturated heterocycles. The summed E-state index contributed by atoms with van der Waals surface area (Å²) in [5.74, 6) is -3.19. The van der Waals surface area contributed by atoms with Crippen LogP contribution in [-0.2, 0) is 71.5 Å². The highest BCUT2D eigenvalue weighted by Crippen LogP contribution is 2.13. The number of ether oxygens (including phenoxy) is 8. The van der Waals surface area contributed by atoms with Crippen molar-refractivity contribution in [1.82, 2.24) is 26.6 Å². The molecule has 23 heteroatoms. The topological polar surface area (TPSA) is 314 Å². The molecule has 0 aromatic rings. The van der Waals surface area contributed by atoms with Gasteiger partial charge in [-0.25, -0.2) is 4.79 Å². The van der Waals surface area contributed by atoms with Crippen molar-refractivity contribution < 1.29 is 86.8 Å². The molecule has 2 atom stereocenters. The number of unbranched alkanes of at least 4 members (excludes halogenated alkanes) is 11. The number of carbonyl (C=O) groups is 7. The van der Waals surface area contributed by atoms with Crippen LogP contribution < -0.4 is 26.6 Å². The lowest BCUT2D eigenvalue weighted by Crippen LogP contribution is -2.42. The van der Waals surface area contributed by atoms with Crippen LogP contribution in [0.5, 0.6) is 0 Å². The summed E-state index contributed by atoms with van der Waals surface area (Å²) in [4.78, 5) is 80.9. The second-order valence-corrected chi connectivity index (χ2v) is 16.1. The number of hydrogen-bond acceptors (Lipinski definition) is 17. The Morgan fingerprint density at radius 1 is 0.406 bits per heavy atom. The van der Waals surface area contributed by atoms with E-state index in [0.717, 1.165) is 51.4 Å². The van der Waals surface area contributed by atoms with Crippen LogP contribution in [0.4, 0.5) is 0 Å². The van der Waals surface area contributed by atoms with Gasteiger partial charge in [0.1, 0.15) is 38.7 Å². The van der Waals surface area contributed by atoms with Gasteiger partial charge in [-0.05, 0) is 32.6 Å². The zero-order chi connectivity index (χ0) is 50.8. The van der Waals surface area contributed by atoms with Gasteiger partial charge >= 0.3 is 11.9 Å². The van der Waals surface area contributed by atoms with Gasteiger partial charge in [-0.3, -0.25) is 34.1 Å². The van der Waals surface area contributed by atoms with Gasteiger partial charge in [-0.15, -0.1) is 0 Å². The van der Waals surface area contributed by atoms with Crippen LogP contribution in [0.25, 0.3) is 0 Å². The van der Waals surface area contributed by atoms with Crippen molar-refractivity contribution >= 4 is 41.4 Å². The number of Topliss-reactive ketones (excluding diaryl/α,β-unsaturated/α-hetero) is 1. The van der Waals surface area contributed by atoms with Crippen LogP contribution in [0.3, 0.4) is 0 Å². The number of carboxylic acids is 2. The average molecular weight is 996 g/mol. The van der Waals surface area contributed by atoms with Crippen LogP contribution in [0, 0.1) is 0 Å². The number of nitrogens with one attached hydrogen (secondary N) is 5. The second kappa shape index (κ2) is 49.1. The van der Waals surface area contributed by atoms with Gasteiger partial charge in [0.25, 0.3) is 0 Å². The largest absolute Gasteiger partial charge is 0.481 e. The Labute approximate surface area is 407 Å². The number of rotatable bonds is 53. The van der Waals surface area contributed by atoms with Gasteiger partial charge < -0.3 is 74.5 Å². The highest BCUT2D eigenvalue weighted by molar-refractivity contribution is 5.83. The summed E-state index contributed by atoms with van der Waals surface area (Å²) in [6.07, 6.45) is 12.0. The first-order chi connectivity index (χ1) is 33.4. The van der Waals surface area contributed by atoms with Gasteiger partial charge in [0, 0.05) is 39.0 Å². The highest BCUT2D eigenvalue weighted by Gasteiger charge is 2.21. The Kier molecular flexibility index (Phi) is 46.3. The first-order valence-corrected chi connectivity index (χ1v) is 24.5. The Morgan fingerprint density at radius 2 is 0.754 bits per heavy atom. The predicted molar refractivity (Wildman–Crippen MR) is 251 cm³/mol. The first kappa shape index (κ1) is 65.1. The summed E-state index contributed by atoms with van der Waals surface area (Å²) in [7, 11) is 0. The summed E-state index contributed by atoms with van der Waals surface area (Å²) in [6.45, 7) is 5.12. The number of amides is 4. The van der Waals surface area contributed by atoms with Crippen molar-refractivity contribution in [3.05, 3.63) is 0 Å². The van der Waals surface area contributed by atoms with E-state index in [-0.39, 0.29) is 154 Å². The number of aliphatic carboxylic acids is 2. The van der Waals surface area contributed by atoms with Crippen LogP contribution in [0.15, 0.2) is 0 Å². The maximum Gasteiger partial charge on any atom is 0.326 e. The van der Waals surface area contributed by atoms with E-state index < -0.39 is 24.2 Å². The van der Waals surface area contributed by atoms with E-state index in [4.69, 9.17) is 43.0 Å². The SMILES string of the molecule is CC(=O)COCCOCCNC(=O)COCCOCCNC(=O)COCCOCCNC(=O)COCCOCCNC(O)CCC(NC(=O)CCCCCCCCCCCCCCC(=O)O)C(=O)O. The third-order valence-corrected chi connectivity index (χ3v) is 9.73. The third-order valence-electron chi connectivity index (χ3n) is 9.73. The molecule has 0 rings (SSSR count). The van der Waals surface area contributed by atoms with Crippen molar-refractivity contribution in [2.24, 2.45) is 0 Å². The molecule has 0 aromatic heterocycles. The van der Waals surface area contributed by atoms with E-state index in [1.807, 2.05) is 0 Å². The molecule has 69 heavy (non-hydrogen) atoms. The molecule has 0 aliphatic heterocycles. The first-order valence-electron chi connectivity index (χ1n) is 24.5. The fourth-order valence-electron chi connectivity index (χ4n) is 6.11. The monoisotopic (exact) mass is 996 g/mol. The van der Waals surface area contributed by atoms with Crippen molar-refractivity contribution in [2.45, 2.75) is 122 Å². The fourth-order valence-corrected chi connectivity index (χ4v) is 6.11. The molecule has 0 heterocycles. The number of aliphatic hydroxyl groups excluding tert-OH is 1. The Balaban J connectivity index is 3.59. The molecular weight excluding hydrogens is 911 g/mol. The molecule has 0 bridgehead atoms. The molecule has 0 spiro atoms. The van der Waals surface area contributed by atoms with Crippen LogP contribution in [-0.4, -0.2) is 201 Å². The van der Waals surface area contributed by atoms with Crippen molar-refractivity contribution in [3.8, 4) is 0 Å². The van der Waals surface area contributed by atoms with E-state index in [1.54, 1.807) is 0 Å². The standard InChI is InChI=1S/C46H85N5O18/c1-38(52)34-66-30-26-63-23-19-48-42(55)36-68-32-28-65-25-21-50-44(57)37-69-33-29-64-24-20-49-43(56)35-67-31-27-62-22-18-47-40(53)17-16-39(46(60)61)51-41(54)14-12-10-8-6-4-2-3-5-7-9-11-13-15-45(58)59/h39-40,47,53H,2-37H2,1H3,(H,48,55)(H,49,56)(H,50,57)(H,51,54)(H,58,59)(H,60,61). The molecule has 0 aliphatic carbocycles. The third kappa shape index (κ3) is 50.3. The summed E-state index contributed by atoms with van der Waals surface area (Å²) < 4.78 is 42.3. The lowest BCUT2D eigenvalue weighted by molar-refractivity contribution is -0.142. The highest BCUT2D eigenvalue weighted by atomic mass is 16.5. The van der Waals surface area contributed by atoms with Gasteiger partial charge in [-0.1, -0.05) is 64.2 Å². The molecule has 402 valence electrons.